The van der Waals surface area contributed by atoms with Gasteiger partial charge >= 0.3 is 23.6 Å². The van der Waals surface area contributed by atoms with Crippen molar-refractivity contribution in [2.75, 3.05) is 7.05 Å². The highest BCUT2D eigenvalue weighted by Crippen LogP contribution is 2.24. The molecule has 0 radical (unpaired) electrons. The summed E-state index contributed by atoms with van der Waals surface area (Å²) in [7, 11) is 3.43. The van der Waals surface area contributed by atoms with E-state index in [1.54, 1.807) is 63.4 Å². The average Bonchev–Trinajstić information content (AvgIpc) is 3.03. The van der Waals surface area contributed by atoms with Gasteiger partial charge < -0.3 is 25.6 Å². The Balaban J connectivity index is 0.000000723. The molecule has 0 saturated carbocycles. The summed E-state index contributed by atoms with van der Waals surface area (Å²) in [5.41, 5.74) is 1.61. The first-order valence-corrected chi connectivity index (χ1v) is 15.5. The summed E-state index contributed by atoms with van der Waals surface area (Å²) < 4.78 is 7.92. The van der Waals surface area contributed by atoms with Gasteiger partial charge in [0.2, 0.25) is 0 Å². The van der Waals surface area contributed by atoms with Crippen molar-refractivity contribution in [2.45, 2.75) is 39.0 Å². The van der Waals surface area contributed by atoms with Crippen LogP contribution in [0.1, 0.15) is 35.3 Å². The van der Waals surface area contributed by atoms with Gasteiger partial charge in [0.05, 0.1) is 38.3 Å². The molecule has 1 heterocycles. The van der Waals surface area contributed by atoms with Gasteiger partial charge in [0.1, 0.15) is 6.04 Å². The molecule has 3 aromatic carbocycles. The number of halogens is 2. The number of carbonyl (C=O) groups is 4. The number of aliphatic carboxylic acids is 2. The second-order valence-corrected chi connectivity index (χ2v) is 11.7. The molecule has 13 nitrogen and oxygen atoms in total. The Labute approximate surface area is 290 Å². The smallest absolute Gasteiger partial charge is 0.335 e. The number of aromatic nitrogens is 2. The van der Waals surface area contributed by atoms with Gasteiger partial charge in [-0.15, -0.1) is 0 Å². The van der Waals surface area contributed by atoms with Crippen molar-refractivity contribution in [3.8, 4) is 5.69 Å². The van der Waals surface area contributed by atoms with Crippen LogP contribution < -0.4 is 21.9 Å². The topological polar surface area (TPSA) is 186 Å². The lowest BCUT2D eigenvalue weighted by Crippen LogP contribution is -2.44. The fourth-order valence-electron chi connectivity index (χ4n) is 4.66. The number of rotatable bonds is 11. The minimum absolute atomic E-state index is 0.0536. The summed E-state index contributed by atoms with van der Waals surface area (Å²) in [6, 6.07) is 15.7. The summed E-state index contributed by atoms with van der Waals surface area (Å²) in [5, 5.41) is 22.1. The molecule has 4 rings (SSSR count). The van der Waals surface area contributed by atoms with E-state index in [1.165, 1.54) is 16.7 Å². The molecule has 0 bridgehead atoms. The van der Waals surface area contributed by atoms with Crippen molar-refractivity contribution in [3.63, 3.8) is 0 Å². The van der Waals surface area contributed by atoms with Crippen LogP contribution in [0.15, 0.2) is 82.4 Å². The highest BCUT2D eigenvalue weighted by molar-refractivity contribution is 6.39. The molecule has 0 aliphatic heterocycles. The van der Waals surface area contributed by atoms with E-state index in [0.29, 0.717) is 40.9 Å². The van der Waals surface area contributed by atoms with E-state index < -0.39 is 47.2 Å². The lowest BCUT2D eigenvalue weighted by Gasteiger charge is -2.20. The van der Waals surface area contributed by atoms with Crippen molar-refractivity contribution in [3.05, 3.63) is 120 Å². The highest BCUT2D eigenvalue weighted by Gasteiger charge is 2.26. The molecule has 0 saturated heterocycles. The number of benzene rings is 3. The number of ether oxygens (including phenoxy) is 1. The highest BCUT2D eigenvalue weighted by atomic mass is 35.5. The van der Waals surface area contributed by atoms with Gasteiger partial charge in [0.25, 0.3) is 11.5 Å². The maximum absolute atomic E-state index is 13.4. The molecule has 4 N–H and O–H groups in total. The van der Waals surface area contributed by atoms with E-state index >= 15 is 0 Å². The predicted molar refractivity (Wildman–Crippen MR) is 185 cm³/mol. The van der Waals surface area contributed by atoms with Crippen LogP contribution in [0.5, 0.6) is 0 Å². The molecule has 0 aliphatic carbocycles. The van der Waals surface area contributed by atoms with Gasteiger partial charge in [-0.3, -0.25) is 14.2 Å². The number of carbonyl (C=O) groups excluding carboxylic acids is 2. The van der Waals surface area contributed by atoms with Crippen molar-refractivity contribution in [2.24, 2.45) is 7.05 Å². The predicted octanol–water partition coefficient (Wildman–Crippen LogP) is 3.72. The van der Waals surface area contributed by atoms with Gasteiger partial charge in [0.15, 0.2) is 0 Å². The molecule has 49 heavy (non-hydrogen) atoms. The summed E-state index contributed by atoms with van der Waals surface area (Å²) in [5.74, 6) is -3.76. The second kappa shape index (κ2) is 17.2. The number of nitrogens with zero attached hydrogens (tertiary/aromatic N) is 2. The first-order chi connectivity index (χ1) is 23.1. The fraction of sp³-hybridized carbons (Fsp3) is 0.235. The Bertz CT molecular complexity index is 1980. The second-order valence-electron chi connectivity index (χ2n) is 10.9. The van der Waals surface area contributed by atoms with Crippen LogP contribution in [0, 0.1) is 0 Å². The van der Waals surface area contributed by atoms with Gasteiger partial charge in [-0.2, -0.15) is 0 Å². The zero-order chi connectivity index (χ0) is 36.4. The molecule has 15 heteroatoms. The summed E-state index contributed by atoms with van der Waals surface area (Å²) in [4.78, 5) is 71.6. The monoisotopic (exact) mass is 712 g/mol. The van der Waals surface area contributed by atoms with E-state index in [0.717, 1.165) is 10.1 Å². The first-order valence-electron chi connectivity index (χ1n) is 14.7. The molecule has 0 aliphatic rings. The first kappa shape index (κ1) is 38.2. The zero-order valence-corrected chi connectivity index (χ0v) is 28.4. The van der Waals surface area contributed by atoms with Crippen LogP contribution in [0.25, 0.3) is 16.6 Å². The lowest BCUT2D eigenvalue weighted by atomic mass is 10.0. The molecule has 1 amide bonds. The van der Waals surface area contributed by atoms with Crippen LogP contribution in [0.2, 0.25) is 10.0 Å². The third kappa shape index (κ3) is 10.1. The minimum Gasteiger partial charge on any atom is -0.478 e. The van der Waals surface area contributed by atoms with Crippen molar-refractivity contribution < 1.29 is 34.1 Å². The maximum Gasteiger partial charge on any atom is 0.335 e. The quantitative estimate of drug-likeness (QED) is 0.132. The number of amides is 1. The number of hydrogen-bond donors (Lipinski definition) is 4. The van der Waals surface area contributed by atoms with Gasteiger partial charge in [-0.25, -0.2) is 23.7 Å². The third-order valence-corrected chi connectivity index (χ3v) is 7.48. The number of hydrogen-bond acceptors (Lipinski definition) is 8. The molecule has 1 atom stereocenters. The number of esters is 1. The number of aryl methyl sites for hydroxylation is 1. The number of nitrogens with one attached hydrogen (secondary N) is 2. The van der Waals surface area contributed by atoms with Crippen molar-refractivity contribution in [1.29, 1.82) is 0 Å². The number of carboxylic acids is 2. The normalized spacial score (nSPS) is 11.6. The number of carboxylic acid groups (broad SMARTS) is 2. The summed E-state index contributed by atoms with van der Waals surface area (Å²) in [6.45, 7) is 3.99. The van der Waals surface area contributed by atoms with Gasteiger partial charge in [-0.1, -0.05) is 47.5 Å². The standard InChI is InChI=1S/C30H30Cl2N4O5.C4H4O4/c1-17(2)41-29(39)24(34-27(37)26-22(31)6-5-7-23(26)32)15-18-8-11-20(12-9-18)36-28(38)21-14-19(16-33-3)10-13-25(21)35(4)30(36)40;5-3(6)1-2-4(7)8/h5-14,17,24,33H,15-16H2,1-4H3,(H,34,37);1-2H,(H,5,6)(H,7,8)/b;2-1-/t24-;/m0./s1. The Morgan fingerprint density at radius 1 is 0.898 bits per heavy atom. The van der Waals surface area contributed by atoms with Crippen LogP contribution in [0.4, 0.5) is 0 Å². The maximum atomic E-state index is 13.4. The molecule has 1 aromatic heterocycles. The third-order valence-electron chi connectivity index (χ3n) is 6.85. The Kier molecular flexibility index (Phi) is 13.4. The van der Waals surface area contributed by atoms with E-state index in [-0.39, 0.29) is 22.0 Å². The van der Waals surface area contributed by atoms with E-state index in [9.17, 15) is 28.8 Å². The van der Waals surface area contributed by atoms with E-state index in [2.05, 4.69) is 10.6 Å². The minimum atomic E-state index is -1.26. The zero-order valence-electron chi connectivity index (χ0n) is 26.9. The molecule has 0 fully saturated rings. The summed E-state index contributed by atoms with van der Waals surface area (Å²) in [6.07, 6.45) is 0.792. The molecular formula is C34H34Cl2N4O9. The largest absolute Gasteiger partial charge is 0.478 e. The van der Waals surface area contributed by atoms with Crippen LogP contribution in [-0.4, -0.2) is 62.4 Å². The Morgan fingerprint density at radius 2 is 1.47 bits per heavy atom. The lowest BCUT2D eigenvalue weighted by molar-refractivity contribution is -0.149. The number of fused-ring (bicyclic) bond motifs is 1. The molecule has 4 aromatic rings. The van der Waals surface area contributed by atoms with Crippen LogP contribution in [-0.2, 0) is 39.1 Å². The van der Waals surface area contributed by atoms with Gasteiger partial charge in [-0.05, 0) is 68.4 Å². The molecule has 258 valence electrons. The molecule has 0 unspecified atom stereocenters. The molecule has 0 spiro atoms. The van der Waals surface area contributed by atoms with Crippen LogP contribution in [0.3, 0.4) is 0 Å². The Hall–Kier alpha value is -5.24. The van der Waals surface area contributed by atoms with Crippen LogP contribution >= 0.6 is 23.2 Å². The van der Waals surface area contributed by atoms with Gasteiger partial charge in [0, 0.05) is 32.2 Å². The molecular weight excluding hydrogens is 679 g/mol. The van der Waals surface area contributed by atoms with E-state index in [4.69, 9.17) is 38.2 Å². The van der Waals surface area contributed by atoms with Crippen molar-refractivity contribution >= 4 is 57.9 Å². The Morgan fingerprint density at radius 3 is 2.00 bits per heavy atom. The fourth-order valence-corrected chi connectivity index (χ4v) is 5.23. The van der Waals surface area contributed by atoms with E-state index in [1.807, 2.05) is 13.1 Å². The summed E-state index contributed by atoms with van der Waals surface area (Å²) >= 11 is 12.4. The van der Waals surface area contributed by atoms with Crippen molar-refractivity contribution in [1.82, 2.24) is 19.8 Å². The average molecular weight is 714 g/mol. The SMILES string of the molecule is CNCc1ccc2c(c1)c(=O)n(-c1ccc(C[C@H](NC(=O)c3c(Cl)cccc3Cl)C(=O)OC(C)C)cc1)c(=O)n2C.O=C(O)/C=C\C(=O)O.